The van der Waals surface area contributed by atoms with Crippen LogP contribution in [0.5, 0.6) is 17.2 Å². The molecule has 0 saturated heterocycles. The molecular weight excluding hydrogens is 421 g/mol. The molecule has 0 amide bonds. The third-order valence-electron chi connectivity index (χ3n) is 4.94. The van der Waals surface area contributed by atoms with Crippen molar-refractivity contribution in [3.05, 3.63) is 78.1 Å². The Morgan fingerprint density at radius 3 is 2.06 bits per heavy atom. The second kappa shape index (κ2) is 9.26. The maximum atomic E-state index is 14.6. The fraction of sp³-hybridized carbons (Fsp3) is 0.217. The van der Waals surface area contributed by atoms with Gasteiger partial charge in [-0.05, 0) is 37.3 Å². The van der Waals surface area contributed by atoms with E-state index in [-0.39, 0.29) is 0 Å². The number of methoxy groups -OCH3 is 3. The first-order valence-electron chi connectivity index (χ1n) is 9.49. The topological polar surface area (TPSA) is 65.1 Å². The van der Waals surface area contributed by atoms with E-state index in [0.29, 0.717) is 28.5 Å². The van der Waals surface area contributed by atoms with E-state index < -0.39 is 26.8 Å². The molecule has 0 N–H and O–H groups in total. The Morgan fingerprint density at radius 1 is 0.806 bits per heavy atom. The zero-order valence-electron chi connectivity index (χ0n) is 17.7. The van der Waals surface area contributed by atoms with Crippen LogP contribution >= 0.6 is 0 Å². The van der Waals surface area contributed by atoms with Gasteiger partial charge < -0.3 is 14.2 Å². The smallest absolute Gasteiger partial charge is 0.267 e. The first-order valence-corrected chi connectivity index (χ1v) is 10.9. The van der Waals surface area contributed by atoms with Crippen molar-refractivity contribution in [2.45, 2.75) is 17.9 Å². The lowest BCUT2D eigenvalue weighted by Crippen LogP contribution is -2.34. The van der Waals surface area contributed by atoms with Crippen molar-refractivity contribution in [1.82, 2.24) is 0 Å². The molecule has 0 bridgehead atoms. The van der Waals surface area contributed by atoms with Gasteiger partial charge in [-0.1, -0.05) is 30.3 Å². The molecule has 0 aliphatic rings. The second-order valence-electron chi connectivity index (χ2n) is 6.69. The average molecular weight is 446 g/mol. The minimum absolute atomic E-state index is 0.291. The number of benzene rings is 3. The van der Waals surface area contributed by atoms with Gasteiger partial charge in [-0.2, -0.15) is 0 Å². The number of anilines is 1. The van der Waals surface area contributed by atoms with Crippen LogP contribution in [0.3, 0.4) is 0 Å². The Hall–Kier alpha value is -3.26. The van der Waals surface area contributed by atoms with Crippen LogP contribution in [0, 0.1) is 5.82 Å². The third kappa shape index (κ3) is 4.29. The first-order chi connectivity index (χ1) is 14.8. The summed E-state index contributed by atoms with van der Waals surface area (Å²) in [5, 5.41) is 0. The zero-order valence-corrected chi connectivity index (χ0v) is 18.5. The van der Waals surface area contributed by atoms with E-state index in [4.69, 9.17) is 14.2 Å². The molecule has 0 aliphatic carbocycles. The molecule has 3 aromatic rings. The molecule has 0 fully saturated rings. The summed E-state index contributed by atoms with van der Waals surface area (Å²) in [5.74, 6) is 0.477. The van der Waals surface area contributed by atoms with Crippen LogP contribution in [0.25, 0.3) is 0 Å². The van der Waals surface area contributed by atoms with Gasteiger partial charge in [0, 0.05) is 11.6 Å². The van der Waals surface area contributed by atoms with Crippen LogP contribution in [0.1, 0.15) is 18.5 Å². The molecule has 0 spiro atoms. The van der Waals surface area contributed by atoms with Gasteiger partial charge in [-0.15, -0.1) is 0 Å². The lowest BCUT2D eigenvalue weighted by molar-refractivity contribution is 0.355. The SMILES string of the molecule is COc1ccc(N(C(C)c2ccccc2OC)S(=O)(=O)c2ccccc2F)cc1OC. The van der Waals surface area contributed by atoms with Crippen LogP contribution in [0.2, 0.25) is 0 Å². The zero-order chi connectivity index (χ0) is 22.6. The summed E-state index contributed by atoms with van der Waals surface area (Å²) in [6.07, 6.45) is 0. The number of halogens is 1. The van der Waals surface area contributed by atoms with E-state index in [1.807, 2.05) is 0 Å². The number of nitrogens with zero attached hydrogens (tertiary/aromatic N) is 1. The summed E-state index contributed by atoms with van der Waals surface area (Å²) in [6.45, 7) is 1.72. The summed E-state index contributed by atoms with van der Waals surface area (Å²) in [4.78, 5) is -0.425. The highest BCUT2D eigenvalue weighted by molar-refractivity contribution is 7.92. The van der Waals surface area contributed by atoms with E-state index >= 15 is 0 Å². The van der Waals surface area contributed by atoms with Crippen LogP contribution in [-0.2, 0) is 10.0 Å². The minimum Gasteiger partial charge on any atom is -0.496 e. The fourth-order valence-electron chi connectivity index (χ4n) is 3.43. The van der Waals surface area contributed by atoms with Crippen molar-refractivity contribution in [1.29, 1.82) is 0 Å². The molecule has 164 valence electrons. The predicted octanol–water partition coefficient (Wildman–Crippen LogP) is 4.81. The van der Waals surface area contributed by atoms with Crippen molar-refractivity contribution in [2.75, 3.05) is 25.6 Å². The van der Waals surface area contributed by atoms with Gasteiger partial charge in [0.1, 0.15) is 16.5 Å². The Bertz CT molecular complexity index is 1170. The second-order valence-corrected chi connectivity index (χ2v) is 8.47. The summed E-state index contributed by atoms with van der Waals surface area (Å²) in [7, 11) is 0.165. The molecule has 3 rings (SSSR count). The third-order valence-corrected chi connectivity index (χ3v) is 6.87. The average Bonchev–Trinajstić information content (AvgIpc) is 2.78. The molecule has 31 heavy (non-hydrogen) atoms. The van der Waals surface area contributed by atoms with Gasteiger partial charge >= 0.3 is 0 Å². The highest BCUT2D eigenvalue weighted by Gasteiger charge is 2.34. The monoisotopic (exact) mass is 445 g/mol. The summed E-state index contributed by atoms with van der Waals surface area (Å²) in [6, 6.07) is 16.4. The van der Waals surface area contributed by atoms with Crippen molar-refractivity contribution in [2.24, 2.45) is 0 Å². The molecule has 1 unspecified atom stereocenters. The molecular formula is C23H24FNO5S. The van der Waals surface area contributed by atoms with Gasteiger partial charge in [-0.3, -0.25) is 4.31 Å². The molecule has 8 heteroatoms. The normalized spacial score (nSPS) is 12.2. The van der Waals surface area contributed by atoms with Gasteiger partial charge in [-0.25, -0.2) is 12.8 Å². The number of para-hydroxylation sites is 1. The standard InChI is InChI=1S/C23H24FNO5S/c1-16(18-9-5-7-11-20(18)28-2)25(17-13-14-21(29-3)22(15-17)30-4)31(26,27)23-12-8-6-10-19(23)24/h5-16H,1-4H3. The van der Waals surface area contributed by atoms with Crippen molar-refractivity contribution >= 4 is 15.7 Å². The Labute approximate surface area is 181 Å². The van der Waals surface area contributed by atoms with Crippen molar-refractivity contribution in [3.8, 4) is 17.2 Å². The van der Waals surface area contributed by atoms with E-state index in [9.17, 15) is 12.8 Å². The first kappa shape index (κ1) is 22.4. The largest absolute Gasteiger partial charge is 0.496 e. The molecule has 0 radical (unpaired) electrons. The molecule has 3 aromatic carbocycles. The summed E-state index contributed by atoms with van der Waals surface area (Å²) in [5.41, 5.74) is 0.916. The number of sulfonamides is 1. The predicted molar refractivity (Wildman–Crippen MR) is 117 cm³/mol. The molecule has 0 aromatic heterocycles. The number of ether oxygens (including phenoxy) is 3. The van der Waals surface area contributed by atoms with Crippen LogP contribution in [0.15, 0.2) is 71.6 Å². The van der Waals surface area contributed by atoms with Gasteiger partial charge in [0.2, 0.25) is 0 Å². The molecule has 0 aliphatic heterocycles. The quantitative estimate of drug-likeness (QED) is 0.498. The Kier molecular flexibility index (Phi) is 6.70. The molecule has 1 atom stereocenters. The molecule has 6 nitrogen and oxygen atoms in total. The maximum absolute atomic E-state index is 14.6. The van der Waals surface area contributed by atoms with Gasteiger partial charge in [0.05, 0.1) is 33.1 Å². The molecule has 0 heterocycles. The van der Waals surface area contributed by atoms with Gasteiger partial charge in [0.15, 0.2) is 11.5 Å². The maximum Gasteiger partial charge on any atom is 0.267 e. The van der Waals surface area contributed by atoms with Crippen LogP contribution in [0.4, 0.5) is 10.1 Å². The highest BCUT2D eigenvalue weighted by atomic mass is 32.2. The van der Waals surface area contributed by atoms with Crippen molar-refractivity contribution < 1.29 is 27.0 Å². The van der Waals surface area contributed by atoms with E-state index in [2.05, 4.69) is 0 Å². The number of hydrogen-bond acceptors (Lipinski definition) is 5. The lowest BCUT2D eigenvalue weighted by atomic mass is 10.1. The van der Waals surface area contributed by atoms with E-state index in [1.165, 1.54) is 39.5 Å². The summed E-state index contributed by atoms with van der Waals surface area (Å²) < 4.78 is 59.2. The van der Waals surface area contributed by atoms with Crippen molar-refractivity contribution in [3.63, 3.8) is 0 Å². The minimum atomic E-state index is -4.30. The summed E-state index contributed by atoms with van der Waals surface area (Å²) >= 11 is 0. The number of hydrogen-bond donors (Lipinski definition) is 0. The Balaban J connectivity index is 2.25. The highest BCUT2D eigenvalue weighted by Crippen LogP contribution is 2.40. The van der Waals surface area contributed by atoms with Crippen LogP contribution in [-0.4, -0.2) is 29.7 Å². The number of rotatable bonds is 8. The van der Waals surface area contributed by atoms with Crippen LogP contribution < -0.4 is 18.5 Å². The lowest BCUT2D eigenvalue weighted by Gasteiger charge is -2.32. The molecule has 0 saturated carbocycles. The van der Waals surface area contributed by atoms with Gasteiger partial charge in [0.25, 0.3) is 10.0 Å². The Morgan fingerprint density at radius 2 is 1.42 bits per heavy atom. The fourth-order valence-corrected chi connectivity index (χ4v) is 5.13. The van der Waals surface area contributed by atoms with E-state index in [0.717, 1.165) is 10.4 Å². The van der Waals surface area contributed by atoms with E-state index in [1.54, 1.807) is 49.4 Å².